The van der Waals surface area contributed by atoms with Crippen molar-refractivity contribution < 1.29 is 22.6 Å². The van der Waals surface area contributed by atoms with Crippen molar-refractivity contribution in [3.8, 4) is 17.2 Å². The second kappa shape index (κ2) is 8.10. The third-order valence-electron chi connectivity index (χ3n) is 2.73. The van der Waals surface area contributed by atoms with Crippen LogP contribution >= 0.6 is 0 Å². The van der Waals surface area contributed by atoms with Crippen LogP contribution < -0.4 is 26.7 Å². The maximum absolute atomic E-state index is 12.4. The van der Waals surface area contributed by atoms with Gasteiger partial charge in [0.15, 0.2) is 12.6 Å². The Hall–Kier alpha value is -3.43. The summed E-state index contributed by atoms with van der Waals surface area (Å²) in [6.45, 7) is -1.46. The van der Waals surface area contributed by atoms with Crippen molar-refractivity contribution in [1.29, 1.82) is 0 Å². The van der Waals surface area contributed by atoms with E-state index in [0.717, 1.165) is 0 Å². The number of guanidine groups is 2. The van der Waals surface area contributed by atoms with Gasteiger partial charge in [0.25, 0.3) is 0 Å². The number of ether oxygens (including phenoxy) is 2. The standard InChI is InChI=1S/C16H16F3N5O2/c17-16(18,19)9-25-12-6-10(23-15(22)24-14(20)21)7-13(8-12)26-11-4-2-1-3-5-11/h1-8H,9H2,(H6,20,21,22,23,24). The number of nitrogens with two attached hydrogens (primary N) is 3. The summed E-state index contributed by atoms with van der Waals surface area (Å²) >= 11 is 0. The Balaban J connectivity index is 2.33. The van der Waals surface area contributed by atoms with Crippen molar-refractivity contribution >= 4 is 17.6 Å². The fourth-order valence-corrected chi connectivity index (χ4v) is 1.84. The number of para-hydroxylation sites is 1. The van der Waals surface area contributed by atoms with Gasteiger partial charge in [0.2, 0.25) is 5.96 Å². The zero-order valence-corrected chi connectivity index (χ0v) is 13.4. The highest BCUT2D eigenvalue weighted by Crippen LogP contribution is 2.32. The van der Waals surface area contributed by atoms with Gasteiger partial charge in [-0.05, 0) is 12.1 Å². The third kappa shape index (κ3) is 6.59. The molecule has 0 saturated carbocycles. The Morgan fingerprint density at radius 1 is 0.923 bits per heavy atom. The Bertz CT molecular complexity index is 803. The summed E-state index contributed by atoms with van der Waals surface area (Å²) < 4.78 is 47.5. The van der Waals surface area contributed by atoms with Gasteiger partial charge >= 0.3 is 6.18 Å². The van der Waals surface area contributed by atoms with Crippen LogP contribution in [0.25, 0.3) is 0 Å². The number of nitrogens with zero attached hydrogens (tertiary/aromatic N) is 2. The monoisotopic (exact) mass is 367 g/mol. The first-order valence-electron chi connectivity index (χ1n) is 7.22. The normalized spacial score (nSPS) is 11.7. The van der Waals surface area contributed by atoms with Gasteiger partial charge in [-0.15, -0.1) is 0 Å². The van der Waals surface area contributed by atoms with Crippen molar-refractivity contribution in [2.24, 2.45) is 27.2 Å². The zero-order valence-electron chi connectivity index (χ0n) is 13.4. The summed E-state index contributed by atoms with van der Waals surface area (Å²) in [4.78, 5) is 7.45. The van der Waals surface area contributed by atoms with Crippen LogP contribution in [0.1, 0.15) is 0 Å². The minimum absolute atomic E-state index is 0.105. The molecule has 0 aliphatic rings. The Morgan fingerprint density at radius 3 is 2.19 bits per heavy atom. The molecular formula is C16H16F3N5O2. The topological polar surface area (TPSA) is 121 Å². The molecule has 138 valence electrons. The molecule has 0 heterocycles. The van der Waals surface area contributed by atoms with E-state index in [0.29, 0.717) is 5.75 Å². The Kier molecular flexibility index (Phi) is 5.89. The van der Waals surface area contributed by atoms with E-state index in [4.69, 9.17) is 26.7 Å². The van der Waals surface area contributed by atoms with E-state index in [2.05, 4.69) is 9.98 Å². The second-order valence-corrected chi connectivity index (χ2v) is 4.99. The third-order valence-corrected chi connectivity index (χ3v) is 2.73. The average molecular weight is 367 g/mol. The largest absolute Gasteiger partial charge is 0.484 e. The van der Waals surface area contributed by atoms with Crippen LogP contribution in [0, 0.1) is 0 Å². The minimum Gasteiger partial charge on any atom is -0.484 e. The van der Waals surface area contributed by atoms with Gasteiger partial charge in [-0.1, -0.05) is 18.2 Å². The first kappa shape index (κ1) is 18.9. The van der Waals surface area contributed by atoms with Crippen LogP contribution in [0.5, 0.6) is 17.2 Å². The zero-order chi connectivity index (χ0) is 19.2. The first-order valence-corrected chi connectivity index (χ1v) is 7.22. The summed E-state index contributed by atoms with van der Waals surface area (Å²) in [5, 5.41) is 0. The number of benzene rings is 2. The molecule has 0 aliphatic carbocycles. The molecule has 2 aromatic rings. The number of halogens is 3. The van der Waals surface area contributed by atoms with Gasteiger partial charge in [0.1, 0.15) is 17.2 Å². The van der Waals surface area contributed by atoms with E-state index >= 15 is 0 Å². The summed E-state index contributed by atoms with van der Waals surface area (Å²) in [7, 11) is 0. The smallest absolute Gasteiger partial charge is 0.422 e. The van der Waals surface area contributed by atoms with Crippen molar-refractivity contribution in [2.45, 2.75) is 6.18 Å². The highest BCUT2D eigenvalue weighted by molar-refractivity contribution is 5.93. The molecule has 0 fully saturated rings. The highest BCUT2D eigenvalue weighted by Gasteiger charge is 2.28. The second-order valence-electron chi connectivity index (χ2n) is 4.99. The maximum Gasteiger partial charge on any atom is 0.422 e. The highest BCUT2D eigenvalue weighted by atomic mass is 19.4. The average Bonchev–Trinajstić information content (AvgIpc) is 2.52. The lowest BCUT2D eigenvalue weighted by atomic mass is 10.2. The number of hydrogen-bond acceptors (Lipinski definition) is 3. The molecule has 7 nitrogen and oxygen atoms in total. The predicted octanol–water partition coefficient (Wildman–Crippen LogP) is 2.64. The van der Waals surface area contributed by atoms with Crippen LogP contribution in [-0.2, 0) is 0 Å². The molecule has 0 aliphatic heterocycles. The molecule has 0 bridgehead atoms. The number of hydrogen-bond donors (Lipinski definition) is 3. The molecule has 0 saturated heterocycles. The quantitative estimate of drug-likeness (QED) is 0.554. The molecule has 10 heteroatoms. The molecule has 0 spiro atoms. The summed E-state index contributed by atoms with van der Waals surface area (Å²) in [5.41, 5.74) is 16.1. The summed E-state index contributed by atoms with van der Waals surface area (Å²) in [5.74, 6) is -0.00755. The number of rotatable bonds is 5. The van der Waals surface area contributed by atoms with Crippen molar-refractivity contribution in [3.63, 3.8) is 0 Å². The Morgan fingerprint density at radius 2 is 1.58 bits per heavy atom. The van der Waals surface area contributed by atoms with E-state index in [-0.39, 0.29) is 29.1 Å². The molecule has 0 radical (unpaired) electrons. The van der Waals surface area contributed by atoms with Gasteiger partial charge in [-0.3, -0.25) is 0 Å². The summed E-state index contributed by atoms with van der Waals surface area (Å²) in [6, 6.07) is 12.6. The molecular weight excluding hydrogens is 351 g/mol. The number of aliphatic imine (C=N–C) groups is 2. The van der Waals surface area contributed by atoms with E-state index in [1.54, 1.807) is 30.3 Å². The van der Waals surface area contributed by atoms with Gasteiger partial charge < -0.3 is 26.7 Å². The van der Waals surface area contributed by atoms with Gasteiger partial charge in [0, 0.05) is 18.2 Å². The lowest BCUT2D eigenvalue weighted by Crippen LogP contribution is -2.26. The summed E-state index contributed by atoms with van der Waals surface area (Å²) in [6.07, 6.45) is -4.49. The van der Waals surface area contributed by atoms with Crippen LogP contribution in [0.3, 0.4) is 0 Å². The molecule has 26 heavy (non-hydrogen) atoms. The van der Waals surface area contributed by atoms with E-state index < -0.39 is 12.8 Å². The molecule has 2 rings (SSSR count). The molecule has 2 aromatic carbocycles. The van der Waals surface area contributed by atoms with Crippen LogP contribution in [0.15, 0.2) is 58.5 Å². The number of alkyl halides is 3. The predicted molar refractivity (Wildman–Crippen MR) is 91.6 cm³/mol. The van der Waals surface area contributed by atoms with Crippen molar-refractivity contribution in [3.05, 3.63) is 48.5 Å². The van der Waals surface area contributed by atoms with Gasteiger partial charge in [-0.2, -0.15) is 18.2 Å². The first-order chi connectivity index (χ1) is 12.2. The Labute approximate surface area is 146 Å². The van der Waals surface area contributed by atoms with E-state index in [1.165, 1.54) is 18.2 Å². The van der Waals surface area contributed by atoms with Gasteiger partial charge in [0.05, 0.1) is 5.69 Å². The maximum atomic E-state index is 12.4. The fourth-order valence-electron chi connectivity index (χ4n) is 1.84. The fraction of sp³-hybridized carbons (Fsp3) is 0.125. The van der Waals surface area contributed by atoms with Crippen molar-refractivity contribution in [2.75, 3.05) is 6.61 Å². The van der Waals surface area contributed by atoms with Gasteiger partial charge in [-0.25, -0.2) is 4.99 Å². The molecule has 0 amide bonds. The van der Waals surface area contributed by atoms with Crippen LogP contribution in [0.4, 0.5) is 18.9 Å². The molecule has 0 atom stereocenters. The minimum atomic E-state index is -4.49. The van der Waals surface area contributed by atoms with E-state index in [9.17, 15) is 13.2 Å². The molecule has 6 N–H and O–H groups in total. The van der Waals surface area contributed by atoms with Crippen LogP contribution in [0.2, 0.25) is 0 Å². The SMILES string of the molecule is NC(N)=NC(N)=Nc1cc(OCC(F)(F)F)cc(Oc2ccccc2)c1. The van der Waals surface area contributed by atoms with Crippen molar-refractivity contribution in [1.82, 2.24) is 0 Å². The molecule has 0 aromatic heterocycles. The van der Waals surface area contributed by atoms with Crippen LogP contribution in [-0.4, -0.2) is 24.7 Å². The van der Waals surface area contributed by atoms with E-state index in [1.807, 2.05) is 0 Å². The lowest BCUT2D eigenvalue weighted by molar-refractivity contribution is -0.153. The molecule has 0 unspecified atom stereocenters. The lowest BCUT2D eigenvalue weighted by Gasteiger charge is -2.12.